The van der Waals surface area contributed by atoms with Crippen LogP contribution in [0.25, 0.3) is 5.76 Å². The van der Waals surface area contributed by atoms with Crippen molar-refractivity contribution in [2.24, 2.45) is 0 Å². The second kappa shape index (κ2) is 9.29. The highest BCUT2D eigenvalue weighted by Gasteiger charge is 2.02. The number of benzene rings is 3. The van der Waals surface area contributed by atoms with E-state index in [1.54, 1.807) is 0 Å². The van der Waals surface area contributed by atoms with Crippen molar-refractivity contribution in [3.8, 4) is 0 Å². The van der Waals surface area contributed by atoms with Crippen LogP contribution in [0.4, 0.5) is 0 Å². The summed E-state index contributed by atoms with van der Waals surface area (Å²) in [6.07, 6.45) is 7.18. The Morgan fingerprint density at radius 1 is 0.680 bits per heavy atom. The molecule has 0 aliphatic heterocycles. The zero-order valence-corrected chi connectivity index (χ0v) is 14.2. The summed E-state index contributed by atoms with van der Waals surface area (Å²) in [6, 6.07) is 30.9. The fourth-order valence-electron chi connectivity index (χ4n) is 2.54. The summed E-state index contributed by atoms with van der Waals surface area (Å²) in [7, 11) is 0. The molecule has 0 amide bonds. The molecule has 1 heteroatoms. The third-order valence-corrected chi connectivity index (χ3v) is 3.88. The largest absolute Gasteiger partial charge is 0.488 e. The van der Waals surface area contributed by atoms with Crippen molar-refractivity contribution in [3.63, 3.8) is 0 Å². The van der Waals surface area contributed by atoms with Gasteiger partial charge in [0, 0.05) is 5.56 Å². The fraction of sp³-hybridized carbons (Fsp3) is 0.0833. The van der Waals surface area contributed by atoms with E-state index in [0.29, 0.717) is 6.61 Å². The Kier molecular flexibility index (Phi) is 6.24. The number of allylic oxidation sites excluding steroid dienone is 3. The zero-order valence-electron chi connectivity index (χ0n) is 14.2. The molecule has 0 unspecified atom stereocenters. The smallest absolute Gasteiger partial charge is 0.127 e. The van der Waals surface area contributed by atoms with Crippen LogP contribution in [0.1, 0.15) is 16.7 Å². The molecule has 0 saturated carbocycles. The van der Waals surface area contributed by atoms with E-state index in [-0.39, 0.29) is 0 Å². The first-order chi connectivity index (χ1) is 12.4. The summed E-state index contributed by atoms with van der Waals surface area (Å²) < 4.78 is 6.08. The van der Waals surface area contributed by atoms with Crippen LogP contribution in [0.15, 0.2) is 109 Å². The molecular formula is C24H22O. The van der Waals surface area contributed by atoms with Crippen LogP contribution >= 0.6 is 0 Å². The molecule has 3 rings (SSSR count). The van der Waals surface area contributed by atoms with Gasteiger partial charge >= 0.3 is 0 Å². The van der Waals surface area contributed by atoms with E-state index in [0.717, 1.165) is 23.3 Å². The highest BCUT2D eigenvalue weighted by atomic mass is 16.5. The summed E-state index contributed by atoms with van der Waals surface area (Å²) in [5.41, 5.74) is 3.55. The lowest BCUT2D eigenvalue weighted by Gasteiger charge is -2.10. The summed E-state index contributed by atoms with van der Waals surface area (Å²) in [5.74, 6) is 0.883. The van der Waals surface area contributed by atoms with Gasteiger partial charge in [-0.1, -0.05) is 103 Å². The first-order valence-corrected chi connectivity index (χ1v) is 8.55. The molecule has 0 aromatic heterocycles. The topological polar surface area (TPSA) is 9.23 Å². The lowest BCUT2D eigenvalue weighted by atomic mass is 10.1. The van der Waals surface area contributed by atoms with Gasteiger partial charge in [-0.2, -0.15) is 0 Å². The summed E-state index contributed by atoms with van der Waals surface area (Å²) in [5, 5.41) is 0. The minimum absolute atomic E-state index is 0.564. The Labute approximate surface area is 149 Å². The normalized spacial score (nSPS) is 11.6. The van der Waals surface area contributed by atoms with E-state index in [9.17, 15) is 0 Å². The van der Waals surface area contributed by atoms with Crippen molar-refractivity contribution in [2.75, 3.05) is 0 Å². The van der Waals surface area contributed by atoms with Gasteiger partial charge in [-0.3, -0.25) is 0 Å². The third kappa shape index (κ3) is 5.50. The lowest BCUT2D eigenvalue weighted by molar-refractivity contribution is 0.264. The number of rotatable bonds is 7. The first-order valence-electron chi connectivity index (χ1n) is 8.55. The molecule has 0 N–H and O–H groups in total. The lowest BCUT2D eigenvalue weighted by Crippen LogP contribution is -1.93. The second-order valence-electron chi connectivity index (χ2n) is 5.79. The molecule has 0 spiro atoms. The van der Waals surface area contributed by atoms with Crippen molar-refractivity contribution < 1.29 is 4.74 Å². The van der Waals surface area contributed by atoms with Crippen molar-refractivity contribution in [1.82, 2.24) is 0 Å². The zero-order chi connectivity index (χ0) is 17.2. The summed E-state index contributed by atoms with van der Waals surface area (Å²) in [6.45, 7) is 0.564. The van der Waals surface area contributed by atoms with Crippen LogP contribution in [0.3, 0.4) is 0 Å². The van der Waals surface area contributed by atoms with E-state index in [1.165, 1.54) is 5.56 Å². The van der Waals surface area contributed by atoms with Gasteiger partial charge in [0.1, 0.15) is 12.4 Å². The third-order valence-electron chi connectivity index (χ3n) is 3.88. The number of hydrogen-bond acceptors (Lipinski definition) is 1. The molecule has 0 saturated heterocycles. The molecule has 0 fully saturated rings. The van der Waals surface area contributed by atoms with E-state index in [2.05, 4.69) is 60.7 Å². The van der Waals surface area contributed by atoms with Gasteiger partial charge in [0.05, 0.1) is 0 Å². The van der Waals surface area contributed by atoms with Gasteiger partial charge in [0.15, 0.2) is 0 Å². The Hall–Kier alpha value is -3.06. The van der Waals surface area contributed by atoms with Crippen LogP contribution in [-0.2, 0) is 17.8 Å². The minimum atomic E-state index is 0.564. The van der Waals surface area contributed by atoms with Crippen molar-refractivity contribution in [3.05, 3.63) is 126 Å². The highest BCUT2D eigenvalue weighted by Crippen LogP contribution is 2.18. The summed E-state index contributed by atoms with van der Waals surface area (Å²) in [4.78, 5) is 0. The molecule has 0 radical (unpaired) electrons. The van der Waals surface area contributed by atoms with Crippen LogP contribution in [0, 0.1) is 0 Å². The minimum Gasteiger partial charge on any atom is -0.488 e. The maximum absolute atomic E-state index is 6.08. The van der Waals surface area contributed by atoms with E-state index >= 15 is 0 Å². The van der Waals surface area contributed by atoms with Crippen LogP contribution in [-0.4, -0.2) is 0 Å². The SMILES string of the molecule is C(/C=C/Cc1ccccc1)=C(/OCc1ccccc1)c1ccccc1. The molecule has 25 heavy (non-hydrogen) atoms. The van der Waals surface area contributed by atoms with Gasteiger partial charge in [0.25, 0.3) is 0 Å². The standard InChI is InChI=1S/C24H22O/c1-4-12-21(13-5-1)14-10-11-19-24(23-17-8-3-9-18-23)25-20-22-15-6-2-7-16-22/h1-13,15-19H,14,20H2/b11-10+,24-19-. The monoisotopic (exact) mass is 326 g/mol. The van der Waals surface area contributed by atoms with Gasteiger partial charge in [-0.05, 0) is 23.6 Å². The van der Waals surface area contributed by atoms with E-state index in [1.807, 2.05) is 48.5 Å². The quantitative estimate of drug-likeness (QED) is 0.380. The molecular weight excluding hydrogens is 304 g/mol. The van der Waals surface area contributed by atoms with Gasteiger partial charge in [0.2, 0.25) is 0 Å². The molecule has 1 nitrogen and oxygen atoms in total. The van der Waals surface area contributed by atoms with Gasteiger partial charge < -0.3 is 4.74 Å². The van der Waals surface area contributed by atoms with E-state index in [4.69, 9.17) is 4.74 Å². The maximum atomic E-state index is 6.08. The molecule has 124 valence electrons. The Morgan fingerprint density at radius 3 is 1.88 bits per heavy atom. The molecule has 3 aromatic carbocycles. The average Bonchev–Trinajstić information content (AvgIpc) is 2.70. The van der Waals surface area contributed by atoms with Gasteiger partial charge in [-0.25, -0.2) is 0 Å². The predicted octanol–water partition coefficient (Wildman–Crippen LogP) is 6.04. The molecule has 0 bridgehead atoms. The molecule has 0 heterocycles. The Balaban J connectivity index is 1.69. The van der Waals surface area contributed by atoms with E-state index < -0.39 is 0 Å². The first kappa shape index (κ1) is 16.8. The van der Waals surface area contributed by atoms with Gasteiger partial charge in [-0.15, -0.1) is 0 Å². The van der Waals surface area contributed by atoms with Crippen LogP contribution in [0.2, 0.25) is 0 Å². The number of ether oxygens (including phenoxy) is 1. The van der Waals surface area contributed by atoms with Crippen LogP contribution < -0.4 is 0 Å². The van der Waals surface area contributed by atoms with Crippen molar-refractivity contribution >= 4 is 5.76 Å². The van der Waals surface area contributed by atoms with Crippen molar-refractivity contribution in [2.45, 2.75) is 13.0 Å². The maximum Gasteiger partial charge on any atom is 0.127 e. The predicted molar refractivity (Wildman–Crippen MR) is 105 cm³/mol. The Bertz CT molecular complexity index is 802. The summed E-state index contributed by atoms with van der Waals surface area (Å²) >= 11 is 0. The van der Waals surface area contributed by atoms with Crippen LogP contribution in [0.5, 0.6) is 0 Å². The molecule has 3 aromatic rings. The molecule has 0 aliphatic rings. The Morgan fingerprint density at radius 2 is 1.24 bits per heavy atom. The molecule has 0 atom stereocenters. The second-order valence-corrected chi connectivity index (χ2v) is 5.79. The molecule has 0 aliphatic carbocycles. The highest BCUT2D eigenvalue weighted by molar-refractivity contribution is 5.61. The van der Waals surface area contributed by atoms with Crippen molar-refractivity contribution in [1.29, 1.82) is 0 Å². The average molecular weight is 326 g/mol. The number of hydrogen-bond donors (Lipinski definition) is 0. The fourth-order valence-corrected chi connectivity index (χ4v) is 2.54.